The van der Waals surface area contributed by atoms with E-state index in [0.717, 1.165) is 0 Å². The molecule has 0 aliphatic heterocycles. The number of aromatic nitrogens is 2. The molecule has 0 atom stereocenters. The molecule has 0 N–H and O–H groups in total. The largest absolute Gasteiger partial charge is 0.245 e. The van der Waals surface area contributed by atoms with Crippen LogP contribution in [-0.2, 0) is 0 Å². The number of nitrogens with zero attached hydrogens (tertiary/aromatic N) is 2. The van der Waals surface area contributed by atoms with Gasteiger partial charge < -0.3 is 0 Å². The van der Waals surface area contributed by atoms with Gasteiger partial charge in [-0.1, -0.05) is 27.7 Å². The highest BCUT2D eigenvalue weighted by Crippen LogP contribution is 2.29. The molecule has 0 amide bonds. The Hall–Kier alpha value is -0.920. The van der Waals surface area contributed by atoms with E-state index in [2.05, 4.69) is 37.7 Å². The molecule has 0 aliphatic rings. The van der Waals surface area contributed by atoms with Crippen LogP contribution < -0.4 is 0 Å². The van der Waals surface area contributed by atoms with Crippen LogP contribution in [0.15, 0.2) is 18.6 Å². The minimum atomic E-state index is 0.544. The lowest BCUT2D eigenvalue weighted by Crippen LogP contribution is -2.14. The monoisotopic (exact) mass is 178 g/mol. The predicted molar refractivity (Wildman–Crippen MR) is 54.4 cm³/mol. The first kappa shape index (κ1) is 10.2. The summed E-state index contributed by atoms with van der Waals surface area (Å²) in [5.74, 6) is 1.81. The van der Waals surface area contributed by atoms with Crippen LogP contribution in [0.2, 0.25) is 0 Å². The maximum Gasteiger partial charge on any atom is 0.115 e. The molecule has 0 saturated carbocycles. The lowest BCUT2D eigenvalue weighted by Gasteiger charge is -2.23. The summed E-state index contributed by atoms with van der Waals surface area (Å²) in [7, 11) is 0. The van der Waals surface area contributed by atoms with Crippen LogP contribution in [0.25, 0.3) is 0 Å². The second-order valence-corrected chi connectivity index (χ2v) is 4.15. The first-order valence-electron chi connectivity index (χ1n) is 4.88. The minimum absolute atomic E-state index is 0.544. The Morgan fingerprint density at radius 2 is 1.69 bits per heavy atom. The molecule has 13 heavy (non-hydrogen) atoms. The number of rotatable bonds is 3. The second-order valence-electron chi connectivity index (χ2n) is 4.15. The molecular weight excluding hydrogens is 160 g/mol. The molecule has 1 heterocycles. The van der Waals surface area contributed by atoms with Crippen LogP contribution in [0.3, 0.4) is 0 Å². The number of hydrogen-bond donors (Lipinski definition) is 0. The maximum absolute atomic E-state index is 4.31. The van der Waals surface area contributed by atoms with Crippen LogP contribution >= 0.6 is 0 Å². The smallest absolute Gasteiger partial charge is 0.115 e. The van der Waals surface area contributed by atoms with Crippen molar-refractivity contribution in [1.82, 2.24) is 9.97 Å². The van der Waals surface area contributed by atoms with E-state index in [1.807, 2.05) is 12.3 Å². The lowest BCUT2D eigenvalue weighted by molar-refractivity contribution is 0.379. The van der Waals surface area contributed by atoms with Crippen LogP contribution in [0.4, 0.5) is 0 Å². The molecule has 72 valence electrons. The highest BCUT2D eigenvalue weighted by atomic mass is 14.8. The third-order valence-electron chi connectivity index (χ3n) is 2.38. The van der Waals surface area contributed by atoms with Crippen molar-refractivity contribution < 1.29 is 0 Å². The molecular formula is C11H18N2. The quantitative estimate of drug-likeness (QED) is 0.711. The van der Waals surface area contributed by atoms with Gasteiger partial charge in [0.15, 0.2) is 0 Å². The van der Waals surface area contributed by atoms with Crippen molar-refractivity contribution in [1.29, 1.82) is 0 Å². The van der Waals surface area contributed by atoms with Gasteiger partial charge in [-0.25, -0.2) is 9.97 Å². The molecule has 1 aromatic heterocycles. The van der Waals surface area contributed by atoms with E-state index < -0.39 is 0 Å². The van der Waals surface area contributed by atoms with Gasteiger partial charge in [0.1, 0.15) is 6.33 Å². The molecule has 0 saturated heterocycles. The van der Waals surface area contributed by atoms with Crippen molar-refractivity contribution in [3.05, 3.63) is 24.3 Å². The van der Waals surface area contributed by atoms with E-state index in [9.17, 15) is 0 Å². The van der Waals surface area contributed by atoms with Crippen molar-refractivity contribution in [3.8, 4) is 0 Å². The summed E-state index contributed by atoms with van der Waals surface area (Å²) in [4.78, 5) is 8.25. The number of hydrogen-bond acceptors (Lipinski definition) is 2. The SMILES string of the molecule is CC(C)C(c1ccncn1)C(C)C. The normalized spacial score (nSPS) is 11.6. The summed E-state index contributed by atoms with van der Waals surface area (Å²) in [5, 5.41) is 0. The standard InChI is InChI=1S/C11H18N2/c1-8(2)11(9(3)4)10-5-6-12-7-13-10/h5-9,11H,1-4H3. The van der Waals surface area contributed by atoms with Crippen molar-refractivity contribution in [3.63, 3.8) is 0 Å². The Morgan fingerprint density at radius 1 is 1.08 bits per heavy atom. The summed E-state index contributed by atoms with van der Waals surface area (Å²) in [6.07, 6.45) is 3.45. The molecule has 0 unspecified atom stereocenters. The highest BCUT2D eigenvalue weighted by Gasteiger charge is 2.20. The fourth-order valence-corrected chi connectivity index (χ4v) is 1.95. The van der Waals surface area contributed by atoms with Crippen LogP contribution in [0.5, 0.6) is 0 Å². The van der Waals surface area contributed by atoms with E-state index in [-0.39, 0.29) is 0 Å². The van der Waals surface area contributed by atoms with Gasteiger partial charge in [0.05, 0.1) is 0 Å². The van der Waals surface area contributed by atoms with Crippen molar-refractivity contribution in [2.45, 2.75) is 33.6 Å². The summed E-state index contributed by atoms with van der Waals surface area (Å²) < 4.78 is 0. The molecule has 2 heteroatoms. The fraction of sp³-hybridized carbons (Fsp3) is 0.636. The topological polar surface area (TPSA) is 25.8 Å². The molecule has 0 spiro atoms. The van der Waals surface area contributed by atoms with Gasteiger partial charge in [-0.2, -0.15) is 0 Å². The van der Waals surface area contributed by atoms with Gasteiger partial charge in [-0.3, -0.25) is 0 Å². The van der Waals surface area contributed by atoms with Crippen molar-refractivity contribution >= 4 is 0 Å². The van der Waals surface area contributed by atoms with E-state index >= 15 is 0 Å². The molecule has 1 aromatic rings. The van der Waals surface area contributed by atoms with Crippen LogP contribution in [0.1, 0.15) is 39.3 Å². The van der Waals surface area contributed by atoms with Crippen LogP contribution in [0, 0.1) is 11.8 Å². The molecule has 2 nitrogen and oxygen atoms in total. The average Bonchev–Trinajstić information content (AvgIpc) is 2.04. The maximum atomic E-state index is 4.31. The fourth-order valence-electron chi connectivity index (χ4n) is 1.95. The Labute approximate surface area is 80.4 Å². The van der Waals surface area contributed by atoms with E-state index in [1.165, 1.54) is 5.69 Å². The predicted octanol–water partition coefficient (Wildman–Crippen LogP) is 2.87. The van der Waals surface area contributed by atoms with Gasteiger partial charge in [0, 0.05) is 17.8 Å². The average molecular weight is 178 g/mol. The molecule has 0 bridgehead atoms. The Bertz CT molecular complexity index is 234. The zero-order valence-electron chi connectivity index (χ0n) is 8.86. The van der Waals surface area contributed by atoms with Crippen LogP contribution in [-0.4, -0.2) is 9.97 Å². The molecule has 0 aromatic carbocycles. The third-order valence-corrected chi connectivity index (χ3v) is 2.38. The zero-order valence-corrected chi connectivity index (χ0v) is 8.86. The van der Waals surface area contributed by atoms with E-state index in [4.69, 9.17) is 0 Å². The van der Waals surface area contributed by atoms with Gasteiger partial charge in [0.25, 0.3) is 0 Å². The first-order valence-corrected chi connectivity index (χ1v) is 4.88. The molecule has 0 radical (unpaired) electrons. The van der Waals surface area contributed by atoms with Gasteiger partial charge in [-0.15, -0.1) is 0 Å². The molecule has 0 aliphatic carbocycles. The molecule has 1 rings (SSSR count). The second kappa shape index (κ2) is 4.35. The summed E-state index contributed by atoms with van der Waals surface area (Å²) >= 11 is 0. The van der Waals surface area contributed by atoms with E-state index in [1.54, 1.807) is 6.33 Å². The van der Waals surface area contributed by atoms with Gasteiger partial charge in [0.2, 0.25) is 0 Å². The lowest BCUT2D eigenvalue weighted by atomic mass is 9.83. The summed E-state index contributed by atoms with van der Waals surface area (Å²) in [5.41, 5.74) is 1.17. The Kier molecular flexibility index (Phi) is 3.40. The highest BCUT2D eigenvalue weighted by molar-refractivity contribution is 5.07. The van der Waals surface area contributed by atoms with Gasteiger partial charge >= 0.3 is 0 Å². The zero-order chi connectivity index (χ0) is 9.84. The first-order chi connectivity index (χ1) is 6.13. The molecule has 0 fully saturated rings. The van der Waals surface area contributed by atoms with Gasteiger partial charge in [-0.05, 0) is 17.9 Å². The van der Waals surface area contributed by atoms with E-state index in [0.29, 0.717) is 17.8 Å². The summed E-state index contributed by atoms with van der Waals surface area (Å²) in [6, 6.07) is 2.02. The third kappa shape index (κ3) is 2.51. The minimum Gasteiger partial charge on any atom is -0.245 e. The Balaban J connectivity index is 2.89. The Morgan fingerprint density at radius 3 is 2.08 bits per heavy atom. The van der Waals surface area contributed by atoms with Crippen molar-refractivity contribution in [2.75, 3.05) is 0 Å². The van der Waals surface area contributed by atoms with Crippen molar-refractivity contribution in [2.24, 2.45) is 11.8 Å². The summed E-state index contributed by atoms with van der Waals surface area (Å²) in [6.45, 7) is 8.97.